The van der Waals surface area contributed by atoms with Gasteiger partial charge in [-0.05, 0) is 41.3 Å². The van der Waals surface area contributed by atoms with Crippen molar-refractivity contribution in [3.63, 3.8) is 0 Å². The number of hydrogen-bond acceptors (Lipinski definition) is 2. The molecule has 0 atom stereocenters. The molecule has 24 heavy (non-hydrogen) atoms. The van der Waals surface area contributed by atoms with Crippen LogP contribution in [-0.4, -0.2) is 24.0 Å². The van der Waals surface area contributed by atoms with Crippen LogP contribution in [0.15, 0.2) is 72.8 Å². The van der Waals surface area contributed by atoms with Crippen molar-refractivity contribution >= 4 is 16.5 Å². The summed E-state index contributed by atoms with van der Waals surface area (Å²) in [5.74, 6) is 0. The molecule has 1 N–H and O–H groups in total. The van der Waals surface area contributed by atoms with Gasteiger partial charge >= 0.3 is 0 Å². The highest BCUT2D eigenvalue weighted by Gasteiger charge is 2.19. The van der Waals surface area contributed by atoms with Gasteiger partial charge in [0.1, 0.15) is 0 Å². The molecule has 122 valence electrons. The molecule has 1 saturated heterocycles. The van der Waals surface area contributed by atoms with Gasteiger partial charge in [-0.1, -0.05) is 60.7 Å². The third kappa shape index (κ3) is 3.60. The molecule has 0 radical (unpaired) electrons. The zero-order valence-electron chi connectivity index (χ0n) is 14.0. The third-order valence-electron chi connectivity index (χ3n) is 4.96. The quantitative estimate of drug-likeness (QED) is 0.735. The Balaban J connectivity index is 1.34. The zero-order chi connectivity index (χ0) is 16.2. The summed E-state index contributed by atoms with van der Waals surface area (Å²) < 4.78 is 0. The minimum absolute atomic E-state index is 0.582. The van der Waals surface area contributed by atoms with Crippen molar-refractivity contribution in [2.75, 3.05) is 18.4 Å². The standard InChI is InChI=1S/C22H24N2/c1-2-6-18(7-3-1)17-24-14-12-21(13-15-24)23-22-11-10-19-8-4-5-9-20(19)16-22/h1-11,16,21,23H,12-15,17H2. The molecule has 0 spiro atoms. The Morgan fingerprint density at radius 3 is 2.29 bits per heavy atom. The Labute approximate surface area is 144 Å². The highest BCUT2D eigenvalue weighted by atomic mass is 15.1. The average molecular weight is 316 g/mol. The molecule has 0 saturated carbocycles. The Hall–Kier alpha value is -2.32. The summed E-state index contributed by atoms with van der Waals surface area (Å²) in [7, 11) is 0. The maximum atomic E-state index is 3.73. The maximum Gasteiger partial charge on any atom is 0.0348 e. The molecule has 4 rings (SSSR count). The van der Waals surface area contributed by atoms with Crippen LogP contribution in [0.1, 0.15) is 18.4 Å². The van der Waals surface area contributed by atoms with Gasteiger partial charge in [-0.15, -0.1) is 0 Å². The Bertz CT molecular complexity index is 789. The van der Waals surface area contributed by atoms with Gasteiger partial charge in [-0.2, -0.15) is 0 Å². The molecule has 0 unspecified atom stereocenters. The van der Waals surface area contributed by atoms with Crippen molar-refractivity contribution in [2.24, 2.45) is 0 Å². The van der Waals surface area contributed by atoms with Gasteiger partial charge in [-0.25, -0.2) is 0 Å². The fraction of sp³-hybridized carbons (Fsp3) is 0.273. The van der Waals surface area contributed by atoms with E-state index in [2.05, 4.69) is 83.0 Å². The van der Waals surface area contributed by atoms with E-state index < -0.39 is 0 Å². The molecular formula is C22H24N2. The number of piperidine rings is 1. The van der Waals surface area contributed by atoms with E-state index in [-0.39, 0.29) is 0 Å². The summed E-state index contributed by atoms with van der Waals surface area (Å²) in [5, 5.41) is 6.35. The largest absolute Gasteiger partial charge is 0.382 e. The molecule has 1 aliphatic rings. The number of hydrogen-bond donors (Lipinski definition) is 1. The van der Waals surface area contributed by atoms with E-state index in [4.69, 9.17) is 0 Å². The van der Waals surface area contributed by atoms with E-state index in [0.717, 1.165) is 6.54 Å². The van der Waals surface area contributed by atoms with Crippen LogP contribution in [0.5, 0.6) is 0 Å². The number of nitrogens with one attached hydrogen (secondary N) is 1. The normalized spacial score (nSPS) is 16.3. The number of anilines is 1. The summed E-state index contributed by atoms with van der Waals surface area (Å²) in [6.07, 6.45) is 2.42. The van der Waals surface area contributed by atoms with E-state index in [1.807, 2.05) is 0 Å². The first-order chi connectivity index (χ1) is 11.9. The van der Waals surface area contributed by atoms with Crippen LogP contribution >= 0.6 is 0 Å². The first kappa shape index (κ1) is 15.2. The second kappa shape index (κ2) is 7.06. The van der Waals surface area contributed by atoms with E-state index in [1.165, 1.54) is 48.0 Å². The number of benzene rings is 3. The van der Waals surface area contributed by atoms with Crippen LogP contribution in [-0.2, 0) is 6.54 Å². The van der Waals surface area contributed by atoms with Crippen molar-refractivity contribution < 1.29 is 0 Å². The predicted molar refractivity (Wildman–Crippen MR) is 102 cm³/mol. The summed E-state index contributed by atoms with van der Waals surface area (Å²) in [5.41, 5.74) is 2.66. The zero-order valence-corrected chi connectivity index (χ0v) is 14.0. The third-order valence-corrected chi connectivity index (χ3v) is 4.96. The van der Waals surface area contributed by atoms with Crippen LogP contribution in [0.3, 0.4) is 0 Å². The van der Waals surface area contributed by atoms with Crippen molar-refractivity contribution in [1.29, 1.82) is 0 Å². The molecule has 2 heteroatoms. The number of fused-ring (bicyclic) bond motifs is 1. The Morgan fingerprint density at radius 2 is 1.50 bits per heavy atom. The molecule has 0 aromatic heterocycles. The monoisotopic (exact) mass is 316 g/mol. The molecule has 1 aliphatic heterocycles. The molecule has 3 aromatic carbocycles. The van der Waals surface area contributed by atoms with E-state index >= 15 is 0 Å². The second-order valence-corrected chi connectivity index (χ2v) is 6.74. The molecule has 1 heterocycles. The van der Waals surface area contributed by atoms with E-state index in [9.17, 15) is 0 Å². The lowest BCUT2D eigenvalue weighted by Crippen LogP contribution is -2.38. The first-order valence-corrected chi connectivity index (χ1v) is 8.88. The summed E-state index contributed by atoms with van der Waals surface area (Å²) in [6, 6.07) is 26.6. The fourth-order valence-corrected chi connectivity index (χ4v) is 3.59. The van der Waals surface area contributed by atoms with Gasteiger partial charge < -0.3 is 5.32 Å². The van der Waals surface area contributed by atoms with Crippen molar-refractivity contribution in [2.45, 2.75) is 25.4 Å². The molecule has 0 bridgehead atoms. The van der Waals surface area contributed by atoms with Gasteiger partial charge in [0.15, 0.2) is 0 Å². The molecule has 2 nitrogen and oxygen atoms in total. The summed E-state index contributed by atoms with van der Waals surface area (Å²) in [6.45, 7) is 3.41. The minimum atomic E-state index is 0.582. The van der Waals surface area contributed by atoms with Crippen LogP contribution in [0, 0.1) is 0 Å². The van der Waals surface area contributed by atoms with Gasteiger partial charge in [0.2, 0.25) is 0 Å². The van der Waals surface area contributed by atoms with Crippen LogP contribution in [0.25, 0.3) is 10.8 Å². The molecule has 0 amide bonds. The van der Waals surface area contributed by atoms with Crippen LogP contribution in [0.4, 0.5) is 5.69 Å². The van der Waals surface area contributed by atoms with Crippen LogP contribution in [0.2, 0.25) is 0 Å². The highest BCUT2D eigenvalue weighted by Crippen LogP contribution is 2.22. The van der Waals surface area contributed by atoms with Crippen molar-refractivity contribution in [1.82, 2.24) is 4.90 Å². The average Bonchev–Trinajstić information content (AvgIpc) is 2.64. The smallest absolute Gasteiger partial charge is 0.0348 e. The van der Waals surface area contributed by atoms with Gasteiger partial charge in [0.05, 0.1) is 0 Å². The molecule has 1 fully saturated rings. The number of nitrogens with zero attached hydrogens (tertiary/aromatic N) is 1. The lowest BCUT2D eigenvalue weighted by Gasteiger charge is -2.33. The highest BCUT2D eigenvalue weighted by molar-refractivity contribution is 5.85. The predicted octanol–water partition coefficient (Wildman–Crippen LogP) is 4.92. The van der Waals surface area contributed by atoms with Crippen LogP contribution < -0.4 is 5.32 Å². The SMILES string of the molecule is c1ccc(CN2CCC(Nc3ccc4ccccc4c3)CC2)cc1. The van der Waals surface area contributed by atoms with E-state index in [1.54, 1.807) is 0 Å². The lowest BCUT2D eigenvalue weighted by atomic mass is 10.0. The second-order valence-electron chi connectivity index (χ2n) is 6.74. The Morgan fingerprint density at radius 1 is 0.792 bits per heavy atom. The fourth-order valence-electron chi connectivity index (χ4n) is 3.59. The number of rotatable bonds is 4. The maximum absolute atomic E-state index is 3.73. The molecule has 0 aliphatic carbocycles. The number of likely N-dealkylation sites (tertiary alicyclic amines) is 1. The lowest BCUT2D eigenvalue weighted by molar-refractivity contribution is 0.211. The summed E-state index contributed by atoms with van der Waals surface area (Å²) in [4.78, 5) is 2.56. The Kier molecular flexibility index (Phi) is 4.48. The minimum Gasteiger partial charge on any atom is -0.382 e. The van der Waals surface area contributed by atoms with Crippen molar-refractivity contribution in [3.8, 4) is 0 Å². The van der Waals surface area contributed by atoms with Crippen molar-refractivity contribution in [3.05, 3.63) is 78.4 Å². The topological polar surface area (TPSA) is 15.3 Å². The van der Waals surface area contributed by atoms with Gasteiger partial charge in [0, 0.05) is 31.4 Å². The summed E-state index contributed by atoms with van der Waals surface area (Å²) >= 11 is 0. The van der Waals surface area contributed by atoms with E-state index in [0.29, 0.717) is 6.04 Å². The first-order valence-electron chi connectivity index (χ1n) is 8.88. The molecule has 3 aromatic rings. The van der Waals surface area contributed by atoms with Gasteiger partial charge in [0.25, 0.3) is 0 Å². The molecular weight excluding hydrogens is 292 g/mol. The van der Waals surface area contributed by atoms with Gasteiger partial charge in [-0.3, -0.25) is 4.90 Å².